The number of ether oxygens (including phenoxy) is 4. The molecule has 2 aromatic carbocycles. The highest BCUT2D eigenvalue weighted by Gasteiger charge is 2.45. The predicted octanol–water partition coefficient (Wildman–Crippen LogP) is 6.74. The van der Waals surface area contributed by atoms with Crippen molar-refractivity contribution >= 4 is 69.1 Å². The average Bonchev–Trinajstić information content (AvgIpc) is 4.05. The van der Waals surface area contributed by atoms with Crippen LogP contribution in [0.2, 0.25) is 0 Å². The Morgan fingerprint density at radius 1 is 0.928 bits per heavy atom. The molecule has 69 heavy (non-hydrogen) atoms. The van der Waals surface area contributed by atoms with Gasteiger partial charge in [-0.2, -0.15) is 0 Å². The van der Waals surface area contributed by atoms with E-state index in [1.54, 1.807) is 41.3 Å². The van der Waals surface area contributed by atoms with Crippen molar-refractivity contribution in [1.29, 1.82) is 0 Å². The Morgan fingerprint density at radius 2 is 1.70 bits per heavy atom. The molecule has 1 aliphatic carbocycles. The van der Waals surface area contributed by atoms with Crippen molar-refractivity contribution in [2.45, 2.75) is 106 Å². The first-order valence-corrected chi connectivity index (χ1v) is 25.5. The lowest BCUT2D eigenvalue weighted by atomic mass is 9.93. The van der Waals surface area contributed by atoms with Crippen molar-refractivity contribution in [3.8, 4) is 5.75 Å². The highest BCUT2D eigenvalue weighted by atomic mass is 32.2. The van der Waals surface area contributed by atoms with E-state index >= 15 is 0 Å². The van der Waals surface area contributed by atoms with Gasteiger partial charge in [0.2, 0.25) is 23.6 Å². The van der Waals surface area contributed by atoms with E-state index in [-0.39, 0.29) is 47.4 Å². The fourth-order valence-corrected chi connectivity index (χ4v) is 9.95. The van der Waals surface area contributed by atoms with E-state index in [0.717, 1.165) is 82.5 Å². The van der Waals surface area contributed by atoms with Crippen molar-refractivity contribution in [1.82, 2.24) is 25.1 Å². The van der Waals surface area contributed by atoms with E-state index < -0.39 is 29.7 Å². The molecule has 2 aliphatic heterocycles. The van der Waals surface area contributed by atoms with Crippen LogP contribution in [0.4, 0.5) is 16.5 Å². The molecule has 0 bridgehead atoms. The van der Waals surface area contributed by atoms with Gasteiger partial charge in [0.1, 0.15) is 23.7 Å². The van der Waals surface area contributed by atoms with E-state index in [2.05, 4.69) is 56.9 Å². The molecule has 2 unspecified atom stereocenters. The molecule has 1 saturated carbocycles. The van der Waals surface area contributed by atoms with Crippen molar-refractivity contribution in [3.05, 3.63) is 77.6 Å². The maximum Gasteiger partial charge on any atom is 0.264 e. The van der Waals surface area contributed by atoms with Gasteiger partial charge in [0.15, 0.2) is 5.13 Å². The number of piperidine rings is 1. The van der Waals surface area contributed by atoms with Crippen LogP contribution in [-0.2, 0) is 39.8 Å². The van der Waals surface area contributed by atoms with E-state index in [1.807, 2.05) is 43.7 Å². The zero-order valence-corrected chi connectivity index (χ0v) is 41.5. The van der Waals surface area contributed by atoms with Crippen LogP contribution in [0.1, 0.15) is 105 Å². The number of carbonyl (C=O) groups is 5. The lowest BCUT2D eigenvalue weighted by molar-refractivity contribution is -0.136. The summed E-state index contributed by atoms with van der Waals surface area (Å²) >= 11 is 3.33. The number of rotatable bonds is 26. The van der Waals surface area contributed by atoms with E-state index in [9.17, 15) is 24.0 Å². The summed E-state index contributed by atoms with van der Waals surface area (Å²) in [6, 6.07) is 11.8. The van der Waals surface area contributed by atoms with Crippen LogP contribution in [0.15, 0.2) is 63.5 Å². The average molecular weight is 989 g/mol. The number of carbonyl (C=O) groups excluding carboxylic acids is 5. The number of hydrogen-bond acceptors (Lipinski definition) is 17. The van der Waals surface area contributed by atoms with Gasteiger partial charge in [0.25, 0.3) is 11.8 Å². The van der Waals surface area contributed by atoms with Crippen LogP contribution in [-0.4, -0.2) is 134 Å². The summed E-state index contributed by atoms with van der Waals surface area (Å²) in [6.07, 6.45) is 9.12. The third-order valence-electron chi connectivity index (χ3n) is 11.8. The molecule has 2 aromatic heterocycles. The predicted molar refractivity (Wildman–Crippen MR) is 263 cm³/mol. The molecule has 4 aromatic rings. The lowest BCUT2D eigenvalue weighted by Crippen LogP contribution is -2.54. The zero-order valence-electron chi connectivity index (χ0n) is 39.8. The van der Waals surface area contributed by atoms with Gasteiger partial charge in [0, 0.05) is 55.2 Å². The number of amides is 5. The second kappa shape index (κ2) is 25.0. The summed E-state index contributed by atoms with van der Waals surface area (Å²) in [5, 5.41) is 12.9. The third kappa shape index (κ3) is 15.1. The lowest BCUT2D eigenvalue weighted by Gasteiger charge is -2.30. The number of imide groups is 2. The fraction of sp³-hybridized carbons (Fsp3) is 0.531. The number of benzene rings is 2. The number of thiazole rings is 1. The highest BCUT2D eigenvalue weighted by molar-refractivity contribution is 8.00. The summed E-state index contributed by atoms with van der Waals surface area (Å²) in [7, 11) is 2.01. The summed E-state index contributed by atoms with van der Waals surface area (Å²) in [4.78, 5) is 75.0. The van der Waals surface area contributed by atoms with Crippen molar-refractivity contribution in [3.63, 3.8) is 0 Å². The molecule has 4 N–H and O–H groups in total. The van der Waals surface area contributed by atoms with Crippen molar-refractivity contribution in [2.75, 3.05) is 82.3 Å². The Kier molecular flexibility index (Phi) is 18.6. The van der Waals surface area contributed by atoms with Crippen LogP contribution in [0.25, 0.3) is 0 Å². The van der Waals surface area contributed by atoms with Gasteiger partial charge in [-0.1, -0.05) is 38.2 Å². The Hall–Kier alpha value is -5.38. The number of thioether (sulfide) groups is 1. The van der Waals surface area contributed by atoms with Gasteiger partial charge in [0.05, 0.1) is 73.1 Å². The molecule has 5 amide bonds. The van der Waals surface area contributed by atoms with Crippen LogP contribution in [0.3, 0.4) is 0 Å². The minimum Gasteiger partial charge on any atom is -0.490 e. The molecule has 3 atom stereocenters. The first-order valence-electron chi connectivity index (χ1n) is 23.7. The van der Waals surface area contributed by atoms with Gasteiger partial charge in [-0.05, 0) is 82.1 Å². The Bertz CT molecular complexity index is 2370. The van der Waals surface area contributed by atoms with Crippen molar-refractivity contribution < 1.29 is 47.3 Å². The maximum absolute atomic E-state index is 13.2. The molecule has 2 fully saturated rings. The van der Waals surface area contributed by atoms with Crippen LogP contribution >= 0.6 is 23.1 Å². The Balaban J connectivity index is 0.677. The van der Waals surface area contributed by atoms with Crippen LogP contribution < -0.4 is 26.0 Å². The number of anilines is 3. The first-order chi connectivity index (χ1) is 33.3. The van der Waals surface area contributed by atoms with Crippen LogP contribution in [0.5, 0.6) is 5.75 Å². The van der Waals surface area contributed by atoms with Gasteiger partial charge < -0.3 is 44.2 Å². The summed E-state index contributed by atoms with van der Waals surface area (Å²) < 4.78 is 30.4. The third-order valence-corrected chi connectivity index (χ3v) is 14.0. The molecule has 20 heteroatoms. The molecule has 4 heterocycles. The number of fused-ring (bicyclic) bond motifs is 1. The normalized spacial score (nSPS) is 18.4. The standard InChI is InChI=1S/C49H64N8O10S2/c1-49(2,3)39-29-51-42(67-39)31-68-43-30-52-48(69-43)54-33-8-5-9-35(28-33)66-34-15-13-32(14-16-34)53-40(58)12-7-20-56(4)21-23-64-25-27-65-26-24-63-22-19-50-37-11-6-10-36-44(37)47(62)57(46(36)61)38-17-18-41(59)55-45(38)60/h6,10-11,13-16,29-30,33,35,38,50H,5,7-9,12,17-28,31H2,1-4H3,(H,52,54)(H,53,58)(H,55,59,60)/t33-,35?,38?/m1/s1. The van der Waals surface area contributed by atoms with Crippen LogP contribution in [0, 0.1) is 0 Å². The largest absolute Gasteiger partial charge is 0.490 e. The van der Waals surface area contributed by atoms with Gasteiger partial charge >= 0.3 is 0 Å². The monoisotopic (exact) mass is 988 g/mol. The first kappa shape index (κ1) is 51.5. The smallest absolute Gasteiger partial charge is 0.264 e. The van der Waals surface area contributed by atoms with Gasteiger partial charge in [-0.15, -0.1) is 11.8 Å². The number of likely N-dealkylation sites (N-methyl/N-ethyl adjacent to an activating group) is 1. The molecular weight excluding hydrogens is 925 g/mol. The minimum absolute atomic E-state index is 0.0309. The van der Waals surface area contributed by atoms with Crippen molar-refractivity contribution in [2.24, 2.45) is 0 Å². The molecule has 18 nitrogen and oxygen atoms in total. The second-order valence-corrected chi connectivity index (χ2v) is 20.6. The summed E-state index contributed by atoms with van der Waals surface area (Å²) in [6.45, 7) is 10.7. The highest BCUT2D eigenvalue weighted by Crippen LogP contribution is 2.35. The SMILES string of the molecule is CN(CCCC(=O)Nc1ccc(OC2CCC[C@@H](Nc3ncc(SCc4ncc(C(C)(C)C)o4)s3)C2)cc1)CCOCCOCCOCCNc1cccc2c1C(=O)N(C1CCC(=O)NC1=O)C2=O. The number of oxazole rings is 1. The number of aromatic nitrogens is 2. The van der Waals surface area contributed by atoms with E-state index in [0.29, 0.717) is 64.0 Å². The molecule has 0 spiro atoms. The molecule has 3 aliphatic rings. The number of hydrogen-bond donors (Lipinski definition) is 4. The fourth-order valence-electron chi connectivity index (χ4n) is 8.14. The van der Waals surface area contributed by atoms with E-state index in [1.165, 1.54) is 0 Å². The Labute approximate surface area is 411 Å². The number of nitrogens with zero attached hydrogens (tertiary/aromatic N) is 4. The molecule has 7 rings (SSSR count). The minimum atomic E-state index is -1.02. The maximum atomic E-state index is 13.2. The number of nitrogens with one attached hydrogen (secondary N) is 4. The molecule has 0 radical (unpaired) electrons. The Morgan fingerprint density at radius 3 is 2.45 bits per heavy atom. The molecule has 372 valence electrons. The molecular formula is C49H64N8O10S2. The topological polar surface area (TPSA) is 216 Å². The molecule has 1 saturated heterocycles. The zero-order chi connectivity index (χ0) is 48.8. The summed E-state index contributed by atoms with van der Waals surface area (Å²) in [5.74, 6) is 0.863. The quantitative estimate of drug-likeness (QED) is 0.0291. The second-order valence-electron chi connectivity index (χ2n) is 18.3. The van der Waals surface area contributed by atoms with Gasteiger partial charge in [-0.3, -0.25) is 34.2 Å². The van der Waals surface area contributed by atoms with Gasteiger partial charge in [-0.25, -0.2) is 9.97 Å². The van der Waals surface area contributed by atoms with E-state index in [4.69, 9.17) is 23.4 Å². The summed E-state index contributed by atoms with van der Waals surface area (Å²) in [5.41, 5.74) is 1.58.